The van der Waals surface area contributed by atoms with Crippen LogP contribution in [0, 0.1) is 0 Å². The highest BCUT2D eigenvalue weighted by molar-refractivity contribution is 7.21. The Morgan fingerprint density at radius 3 is 2.70 bits per heavy atom. The summed E-state index contributed by atoms with van der Waals surface area (Å²) in [6.45, 7) is 0.191. The van der Waals surface area contributed by atoms with Crippen molar-refractivity contribution >= 4 is 39.5 Å². The van der Waals surface area contributed by atoms with E-state index < -0.39 is 24.5 Å². The number of imide groups is 1. The quantitative estimate of drug-likeness (QED) is 0.702. The Balaban J connectivity index is 1.54. The van der Waals surface area contributed by atoms with E-state index in [2.05, 4.69) is 10.3 Å². The molecule has 1 saturated heterocycles. The van der Waals surface area contributed by atoms with Crippen molar-refractivity contribution in [3.63, 3.8) is 0 Å². The summed E-state index contributed by atoms with van der Waals surface area (Å²) >= 11 is 1.48. The highest BCUT2D eigenvalue weighted by atomic mass is 32.1. The van der Waals surface area contributed by atoms with Gasteiger partial charge in [-0.2, -0.15) is 0 Å². The molecule has 27 heavy (non-hydrogen) atoms. The van der Waals surface area contributed by atoms with Crippen molar-refractivity contribution in [3.8, 4) is 10.6 Å². The van der Waals surface area contributed by atoms with Crippen molar-refractivity contribution in [1.29, 1.82) is 0 Å². The normalized spacial score (nSPS) is 13.6. The van der Waals surface area contributed by atoms with Gasteiger partial charge in [-0.3, -0.25) is 9.69 Å². The van der Waals surface area contributed by atoms with Crippen LogP contribution < -0.4 is 5.32 Å². The van der Waals surface area contributed by atoms with Gasteiger partial charge in [-0.15, -0.1) is 11.3 Å². The molecule has 8 heteroatoms. The molecule has 136 valence electrons. The van der Waals surface area contributed by atoms with Gasteiger partial charge in [0.25, 0.3) is 5.91 Å². The first-order chi connectivity index (χ1) is 13.1. The number of nitrogens with zero attached hydrogens (tertiary/aromatic N) is 2. The zero-order valence-electron chi connectivity index (χ0n) is 14.2. The van der Waals surface area contributed by atoms with Gasteiger partial charge in [0.15, 0.2) is 6.61 Å². The number of ether oxygens (including phenoxy) is 1. The molecule has 1 aromatic heterocycles. The maximum atomic E-state index is 12.5. The molecule has 3 aromatic rings. The minimum Gasteiger partial charge on any atom is -0.452 e. The fraction of sp³-hybridized carbons (Fsp3) is 0.158. The average molecular weight is 381 g/mol. The van der Waals surface area contributed by atoms with Crippen molar-refractivity contribution in [3.05, 3.63) is 54.1 Å². The maximum Gasteiger partial charge on any atom is 0.339 e. The van der Waals surface area contributed by atoms with Crippen LogP contribution in [0.15, 0.2) is 48.5 Å². The van der Waals surface area contributed by atoms with Crippen molar-refractivity contribution in [2.24, 2.45) is 0 Å². The summed E-state index contributed by atoms with van der Waals surface area (Å²) in [6, 6.07) is 14.2. The zero-order chi connectivity index (χ0) is 18.8. The summed E-state index contributed by atoms with van der Waals surface area (Å²) < 4.78 is 6.17. The number of benzene rings is 2. The molecule has 0 atom stereocenters. The van der Waals surface area contributed by atoms with E-state index in [1.54, 1.807) is 18.2 Å². The number of fused-ring (bicyclic) bond motifs is 1. The van der Waals surface area contributed by atoms with Crippen LogP contribution >= 0.6 is 11.3 Å². The van der Waals surface area contributed by atoms with E-state index in [4.69, 9.17) is 4.74 Å². The van der Waals surface area contributed by atoms with Gasteiger partial charge < -0.3 is 10.1 Å². The number of urea groups is 1. The second kappa shape index (κ2) is 7.16. The molecule has 0 aliphatic carbocycles. The third-order valence-corrected chi connectivity index (χ3v) is 5.23. The van der Waals surface area contributed by atoms with Crippen molar-refractivity contribution < 1.29 is 19.1 Å². The Hall–Kier alpha value is -3.26. The molecule has 3 amide bonds. The summed E-state index contributed by atoms with van der Waals surface area (Å²) in [4.78, 5) is 41.7. The Morgan fingerprint density at radius 2 is 1.93 bits per heavy atom. The molecule has 1 fully saturated rings. The van der Waals surface area contributed by atoms with Crippen LogP contribution in [0.4, 0.5) is 4.79 Å². The van der Waals surface area contributed by atoms with E-state index >= 15 is 0 Å². The molecule has 0 radical (unpaired) electrons. The first kappa shape index (κ1) is 17.2. The van der Waals surface area contributed by atoms with E-state index in [1.165, 1.54) is 11.3 Å². The minimum absolute atomic E-state index is 0.275. The number of hydrogen-bond donors (Lipinski definition) is 1. The number of para-hydroxylation sites is 1. The molecule has 1 aliphatic rings. The second-order valence-corrected chi connectivity index (χ2v) is 6.92. The van der Waals surface area contributed by atoms with Gasteiger partial charge in [0.2, 0.25) is 0 Å². The molecule has 4 rings (SSSR count). The smallest absolute Gasteiger partial charge is 0.339 e. The monoisotopic (exact) mass is 381 g/mol. The molecule has 7 nitrogen and oxygen atoms in total. The summed E-state index contributed by atoms with van der Waals surface area (Å²) in [5.74, 6) is -1.17. The molecule has 2 heterocycles. The summed E-state index contributed by atoms with van der Waals surface area (Å²) in [6.07, 6.45) is 0. The summed E-state index contributed by atoms with van der Waals surface area (Å²) in [5.41, 5.74) is 1.83. The lowest BCUT2D eigenvalue weighted by Gasteiger charge is -2.12. The standard InChI is InChI=1S/C19H15N3O4S/c23-16(22-10-9-20-19(22)25)11-26-18(24)13-6-2-1-5-12(13)17-21-14-7-3-4-8-15(14)27-17/h1-8H,9-11H2,(H,20,25). The molecule has 2 aromatic carbocycles. The van der Waals surface area contributed by atoms with E-state index in [-0.39, 0.29) is 6.54 Å². The van der Waals surface area contributed by atoms with Gasteiger partial charge >= 0.3 is 12.0 Å². The number of esters is 1. The van der Waals surface area contributed by atoms with E-state index in [0.29, 0.717) is 22.7 Å². The zero-order valence-corrected chi connectivity index (χ0v) is 15.0. The topological polar surface area (TPSA) is 88.6 Å². The van der Waals surface area contributed by atoms with Crippen LogP contribution in [0.1, 0.15) is 10.4 Å². The van der Waals surface area contributed by atoms with Crippen LogP contribution in [0.3, 0.4) is 0 Å². The lowest BCUT2D eigenvalue weighted by atomic mass is 10.1. The number of nitrogens with one attached hydrogen (secondary N) is 1. The number of carbonyl (C=O) groups is 3. The Labute approximate surface area is 158 Å². The SMILES string of the molecule is O=C(OCC(=O)N1CCNC1=O)c1ccccc1-c1nc2ccccc2s1. The Kier molecular flexibility index (Phi) is 4.55. The molecule has 1 aliphatic heterocycles. The molecular weight excluding hydrogens is 366 g/mol. The van der Waals surface area contributed by atoms with Gasteiger partial charge in [-0.05, 0) is 18.2 Å². The van der Waals surface area contributed by atoms with E-state index in [0.717, 1.165) is 15.1 Å². The van der Waals surface area contributed by atoms with Gasteiger partial charge in [-0.25, -0.2) is 14.6 Å². The largest absolute Gasteiger partial charge is 0.452 e. The molecule has 1 N–H and O–H groups in total. The number of hydrogen-bond acceptors (Lipinski definition) is 6. The Morgan fingerprint density at radius 1 is 1.15 bits per heavy atom. The predicted octanol–water partition coefficient (Wildman–Crippen LogP) is 2.67. The number of aromatic nitrogens is 1. The van der Waals surface area contributed by atoms with Gasteiger partial charge in [0.1, 0.15) is 5.01 Å². The lowest BCUT2D eigenvalue weighted by molar-refractivity contribution is -0.130. The lowest BCUT2D eigenvalue weighted by Crippen LogP contribution is -2.37. The van der Waals surface area contributed by atoms with Gasteiger partial charge in [0.05, 0.1) is 15.8 Å². The van der Waals surface area contributed by atoms with Crippen LogP contribution in [-0.2, 0) is 9.53 Å². The predicted molar refractivity (Wildman–Crippen MR) is 100 cm³/mol. The highest BCUT2D eigenvalue weighted by Crippen LogP contribution is 2.32. The third kappa shape index (κ3) is 3.39. The maximum absolute atomic E-state index is 12.5. The van der Waals surface area contributed by atoms with Gasteiger partial charge in [-0.1, -0.05) is 30.3 Å². The van der Waals surface area contributed by atoms with Crippen LogP contribution in [0.5, 0.6) is 0 Å². The van der Waals surface area contributed by atoms with Gasteiger partial charge in [0, 0.05) is 18.7 Å². The average Bonchev–Trinajstić information content (AvgIpc) is 3.31. The van der Waals surface area contributed by atoms with Crippen molar-refractivity contribution in [2.45, 2.75) is 0 Å². The summed E-state index contributed by atoms with van der Waals surface area (Å²) in [7, 11) is 0. The molecule has 0 saturated carbocycles. The van der Waals surface area contributed by atoms with Crippen LogP contribution in [0.2, 0.25) is 0 Å². The number of carbonyl (C=O) groups excluding carboxylic acids is 3. The number of thiazole rings is 1. The number of rotatable bonds is 4. The first-order valence-corrected chi connectivity index (χ1v) is 9.15. The second-order valence-electron chi connectivity index (χ2n) is 5.89. The van der Waals surface area contributed by atoms with Crippen LogP contribution in [0.25, 0.3) is 20.8 Å². The third-order valence-electron chi connectivity index (χ3n) is 4.16. The van der Waals surface area contributed by atoms with E-state index in [1.807, 2.05) is 30.3 Å². The summed E-state index contributed by atoms with van der Waals surface area (Å²) in [5, 5.41) is 3.23. The molecule has 0 unspecified atom stereocenters. The van der Waals surface area contributed by atoms with Crippen molar-refractivity contribution in [2.75, 3.05) is 19.7 Å². The molecular formula is C19H15N3O4S. The fourth-order valence-corrected chi connectivity index (χ4v) is 3.83. The highest BCUT2D eigenvalue weighted by Gasteiger charge is 2.27. The number of amides is 3. The van der Waals surface area contributed by atoms with Crippen LogP contribution in [-0.4, -0.2) is 47.5 Å². The fourth-order valence-electron chi connectivity index (χ4n) is 2.83. The van der Waals surface area contributed by atoms with Crippen molar-refractivity contribution in [1.82, 2.24) is 15.2 Å². The minimum atomic E-state index is -0.627. The molecule has 0 spiro atoms. The van der Waals surface area contributed by atoms with E-state index in [9.17, 15) is 14.4 Å². The Bertz CT molecular complexity index is 1010. The molecule has 0 bridgehead atoms. The first-order valence-electron chi connectivity index (χ1n) is 8.34.